The molecule has 1 aromatic rings. The van der Waals surface area contributed by atoms with Crippen LogP contribution in [0.15, 0.2) is 11.0 Å². The van der Waals surface area contributed by atoms with Gasteiger partial charge in [-0.1, -0.05) is 31.4 Å². The molecule has 1 saturated carbocycles. The molecule has 0 amide bonds. The monoisotopic (exact) mass is 341 g/mol. The van der Waals surface area contributed by atoms with E-state index < -0.39 is 0 Å². The van der Waals surface area contributed by atoms with Crippen molar-refractivity contribution in [3.8, 4) is 0 Å². The summed E-state index contributed by atoms with van der Waals surface area (Å²) in [5.41, 5.74) is -0.0945. The highest BCUT2D eigenvalue weighted by Gasteiger charge is 2.22. The summed E-state index contributed by atoms with van der Waals surface area (Å²) in [6.45, 7) is 9.24. The third kappa shape index (κ3) is 4.70. The fourth-order valence-electron chi connectivity index (χ4n) is 2.96. The van der Waals surface area contributed by atoms with Gasteiger partial charge in [-0.05, 0) is 39.5 Å². The molecular weight excluding hydrogens is 314 g/mol. The highest BCUT2D eigenvalue weighted by atomic mass is 35.5. The van der Waals surface area contributed by atoms with Crippen molar-refractivity contribution in [3.63, 3.8) is 0 Å². The maximum absolute atomic E-state index is 12.3. The quantitative estimate of drug-likeness (QED) is 0.830. The van der Waals surface area contributed by atoms with Crippen LogP contribution < -0.4 is 10.9 Å². The van der Waals surface area contributed by atoms with Crippen molar-refractivity contribution in [1.29, 1.82) is 0 Å². The van der Waals surface area contributed by atoms with Gasteiger partial charge in [0.1, 0.15) is 5.02 Å². The van der Waals surface area contributed by atoms with Crippen molar-refractivity contribution >= 4 is 17.3 Å². The Balaban J connectivity index is 1.89. The fraction of sp³-hybridized carbons (Fsp3) is 0.765. The predicted octanol–water partition coefficient (Wildman–Crippen LogP) is 3.66. The zero-order valence-electron chi connectivity index (χ0n) is 14.6. The maximum Gasteiger partial charge on any atom is 0.288 e. The molecule has 0 unspecified atom stereocenters. The van der Waals surface area contributed by atoms with Gasteiger partial charge in [0.15, 0.2) is 0 Å². The second-order valence-corrected chi connectivity index (χ2v) is 7.74. The molecule has 23 heavy (non-hydrogen) atoms. The number of nitrogens with one attached hydrogen (secondary N) is 1. The van der Waals surface area contributed by atoms with Gasteiger partial charge in [0.05, 0.1) is 30.1 Å². The SMILES string of the molecule is C[C@H]1CCCC[C@H]1OCCNc1cnn(C(C)(C)C)c(=O)c1Cl. The number of halogens is 1. The Morgan fingerprint density at radius 1 is 1.39 bits per heavy atom. The van der Waals surface area contributed by atoms with Crippen LogP contribution in [0.25, 0.3) is 0 Å². The first-order chi connectivity index (χ1) is 10.8. The molecule has 1 N–H and O–H groups in total. The van der Waals surface area contributed by atoms with E-state index in [2.05, 4.69) is 17.3 Å². The Bertz CT molecular complexity index is 580. The van der Waals surface area contributed by atoms with Gasteiger partial charge in [-0.25, -0.2) is 4.68 Å². The van der Waals surface area contributed by atoms with Crippen LogP contribution in [0.2, 0.25) is 5.02 Å². The predicted molar refractivity (Wildman–Crippen MR) is 94.4 cm³/mol. The lowest BCUT2D eigenvalue weighted by Gasteiger charge is -2.28. The molecule has 0 aromatic carbocycles. The van der Waals surface area contributed by atoms with E-state index in [1.165, 1.54) is 23.9 Å². The van der Waals surface area contributed by atoms with Crippen molar-refractivity contribution in [1.82, 2.24) is 9.78 Å². The van der Waals surface area contributed by atoms with Gasteiger partial charge in [-0.3, -0.25) is 4.79 Å². The van der Waals surface area contributed by atoms with Gasteiger partial charge >= 0.3 is 0 Å². The lowest BCUT2D eigenvalue weighted by Crippen LogP contribution is -2.36. The topological polar surface area (TPSA) is 56.1 Å². The Labute approximate surface area is 143 Å². The summed E-state index contributed by atoms with van der Waals surface area (Å²) in [6, 6.07) is 0. The van der Waals surface area contributed by atoms with E-state index in [0.29, 0.717) is 30.9 Å². The molecule has 0 aliphatic heterocycles. The molecule has 0 radical (unpaired) electrons. The molecule has 1 aliphatic carbocycles. The normalized spacial score (nSPS) is 22.1. The molecule has 1 aromatic heterocycles. The lowest BCUT2D eigenvalue weighted by atomic mass is 9.88. The first kappa shape index (κ1) is 18.3. The second-order valence-electron chi connectivity index (χ2n) is 7.36. The van der Waals surface area contributed by atoms with Crippen LogP contribution in [0.3, 0.4) is 0 Å². The van der Waals surface area contributed by atoms with Gasteiger partial charge in [0.2, 0.25) is 0 Å². The van der Waals surface area contributed by atoms with Crippen molar-refractivity contribution in [3.05, 3.63) is 21.6 Å². The molecule has 1 aliphatic rings. The molecule has 1 fully saturated rings. The maximum atomic E-state index is 12.3. The van der Waals surface area contributed by atoms with E-state index in [1.54, 1.807) is 6.20 Å². The van der Waals surface area contributed by atoms with Crippen LogP contribution in [-0.2, 0) is 10.3 Å². The highest BCUT2D eigenvalue weighted by Crippen LogP contribution is 2.26. The zero-order valence-corrected chi connectivity index (χ0v) is 15.3. The summed E-state index contributed by atoms with van der Waals surface area (Å²) in [7, 11) is 0. The first-order valence-corrected chi connectivity index (χ1v) is 8.82. The average Bonchev–Trinajstić information content (AvgIpc) is 2.48. The summed E-state index contributed by atoms with van der Waals surface area (Å²) < 4.78 is 7.36. The molecular formula is C17H28ClN3O2. The third-order valence-electron chi connectivity index (χ3n) is 4.34. The van der Waals surface area contributed by atoms with Crippen molar-refractivity contribution in [2.24, 2.45) is 5.92 Å². The van der Waals surface area contributed by atoms with Crippen LogP contribution >= 0.6 is 11.6 Å². The summed E-state index contributed by atoms with van der Waals surface area (Å²) in [6.07, 6.45) is 6.92. The van der Waals surface area contributed by atoms with E-state index in [9.17, 15) is 4.79 Å². The van der Waals surface area contributed by atoms with Gasteiger partial charge < -0.3 is 10.1 Å². The smallest absolute Gasteiger partial charge is 0.288 e. The van der Waals surface area contributed by atoms with E-state index in [1.807, 2.05) is 20.8 Å². The van der Waals surface area contributed by atoms with Crippen LogP contribution in [0.4, 0.5) is 5.69 Å². The fourth-order valence-corrected chi connectivity index (χ4v) is 3.16. The Kier molecular flexibility index (Phi) is 6.09. The van der Waals surface area contributed by atoms with E-state index in [-0.39, 0.29) is 16.1 Å². The largest absolute Gasteiger partial charge is 0.380 e. The Morgan fingerprint density at radius 3 is 2.74 bits per heavy atom. The van der Waals surface area contributed by atoms with Crippen molar-refractivity contribution in [2.75, 3.05) is 18.5 Å². The van der Waals surface area contributed by atoms with E-state index in [4.69, 9.17) is 16.3 Å². The van der Waals surface area contributed by atoms with Crippen molar-refractivity contribution in [2.45, 2.75) is 65.0 Å². The van der Waals surface area contributed by atoms with Gasteiger partial charge in [0, 0.05) is 6.54 Å². The third-order valence-corrected chi connectivity index (χ3v) is 4.70. The van der Waals surface area contributed by atoms with Gasteiger partial charge in [-0.15, -0.1) is 0 Å². The minimum absolute atomic E-state index is 0.181. The Morgan fingerprint density at radius 2 is 2.09 bits per heavy atom. The number of aromatic nitrogens is 2. The second kappa shape index (κ2) is 7.67. The molecule has 0 spiro atoms. The summed E-state index contributed by atoms with van der Waals surface area (Å²) in [4.78, 5) is 12.3. The van der Waals surface area contributed by atoms with Gasteiger partial charge in [-0.2, -0.15) is 5.10 Å². The molecule has 2 atom stereocenters. The minimum atomic E-state index is -0.389. The van der Waals surface area contributed by atoms with Crippen molar-refractivity contribution < 1.29 is 4.74 Å². The number of hydrogen-bond donors (Lipinski definition) is 1. The average molecular weight is 342 g/mol. The molecule has 2 rings (SSSR count). The van der Waals surface area contributed by atoms with Crippen LogP contribution in [0.1, 0.15) is 53.4 Å². The Hall–Kier alpha value is -1.07. The van der Waals surface area contributed by atoms with Gasteiger partial charge in [0.25, 0.3) is 5.56 Å². The highest BCUT2D eigenvalue weighted by molar-refractivity contribution is 6.32. The van der Waals surface area contributed by atoms with E-state index in [0.717, 1.165) is 6.42 Å². The molecule has 0 saturated heterocycles. The zero-order chi connectivity index (χ0) is 17.0. The summed E-state index contributed by atoms with van der Waals surface area (Å²) in [5, 5.41) is 7.54. The number of hydrogen-bond acceptors (Lipinski definition) is 4. The lowest BCUT2D eigenvalue weighted by molar-refractivity contribution is 0.000389. The van der Waals surface area contributed by atoms with Crippen LogP contribution in [-0.4, -0.2) is 29.0 Å². The molecule has 1 heterocycles. The van der Waals surface area contributed by atoms with Crippen LogP contribution in [0.5, 0.6) is 0 Å². The standard InChI is InChI=1S/C17H28ClN3O2/c1-12-7-5-6-8-14(12)23-10-9-19-13-11-20-21(17(2,3)4)16(22)15(13)18/h11-12,14,19H,5-10H2,1-4H3/t12-,14+/m0/s1. The summed E-state index contributed by atoms with van der Waals surface area (Å²) in [5.74, 6) is 0.629. The molecule has 5 nitrogen and oxygen atoms in total. The number of nitrogens with zero attached hydrogens (tertiary/aromatic N) is 2. The minimum Gasteiger partial charge on any atom is -0.380 e. The first-order valence-electron chi connectivity index (χ1n) is 8.44. The van der Waals surface area contributed by atoms with Crippen LogP contribution in [0, 0.1) is 5.92 Å². The molecule has 130 valence electrons. The van der Waals surface area contributed by atoms with E-state index >= 15 is 0 Å². The summed E-state index contributed by atoms with van der Waals surface area (Å²) >= 11 is 6.18. The number of ether oxygens (including phenoxy) is 1. The molecule has 6 heteroatoms. The number of rotatable bonds is 5. The molecule has 0 bridgehead atoms. The number of anilines is 1.